The largest absolute Gasteiger partial charge is 0.480 e. The van der Waals surface area contributed by atoms with Crippen LogP contribution < -0.4 is 4.72 Å². The lowest BCUT2D eigenvalue weighted by Gasteiger charge is -2.11. The van der Waals surface area contributed by atoms with E-state index in [2.05, 4.69) is 14.8 Å². The van der Waals surface area contributed by atoms with Crippen molar-refractivity contribution in [3.05, 3.63) is 29.2 Å². The van der Waals surface area contributed by atoms with E-state index in [4.69, 9.17) is 0 Å². The Balaban J connectivity index is 1.85. The van der Waals surface area contributed by atoms with Gasteiger partial charge in [-0.05, 0) is 12.8 Å². The SMILES string of the molecule is Cn1cc(C(NS(=O)(=O)c2cnc(C3CC3)s2)C(=O)O)cn1. The van der Waals surface area contributed by atoms with E-state index in [1.165, 1.54) is 23.3 Å². The Labute approximate surface area is 130 Å². The van der Waals surface area contributed by atoms with Crippen LogP contribution in [-0.4, -0.2) is 34.3 Å². The van der Waals surface area contributed by atoms with Crippen LogP contribution in [0.2, 0.25) is 0 Å². The summed E-state index contributed by atoms with van der Waals surface area (Å²) in [6.45, 7) is 0. The topological polar surface area (TPSA) is 114 Å². The number of hydrogen-bond acceptors (Lipinski definition) is 6. The molecule has 1 saturated carbocycles. The molecule has 1 aliphatic rings. The molecule has 0 aromatic carbocycles. The average Bonchev–Trinajstić information content (AvgIpc) is 3.00. The maximum Gasteiger partial charge on any atom is 0.326 e. The van der Waals surface area contributed by atoms with Crippen molar-refractivity contribution in [3.63, 3.8) is 0 Å². The normalized spacial score (nSPS) is 16.6. The Morgan fingerprint density at radius 1 is 1.50 bits per heavy atom. The fourth-order valence-electron chi connectivity index (χ4n) is 1.98. The highest BCUT2D eigenvalue weighted by molar-refractivity contribution is 7.91. The molecule has 22 heavy (non-hydrogen) atoms. The highest BCUT2D eigenvalue weighted by atomic mass is 32.2. The molecule has 1 fully saturated rings. The van der Waals surface area contributed by atoms with Gasteiger partial charge >= 0.3 is 5.97 Å². The number of nitrogens with zero attached hydrogens (tertiary/aromatic N) is 3. The number of nitrogens with one attached hydrogen (secondary N) is 1. The van der Waals surface area contributed by atoms with Gasteiger partial charge in [0.15, 0.2) is 4.21 Å². The lowest BCUT2D eigenvalue weighted by Crippen LogP contribution is -2.33. The molecule has 3 rings (SSSR count). The molecule has 0 radical (unpaired) electrons. The number of carboxylic acids is 1. The number of thiazole rings is 1. The van der Waals surface area contributed by atoms with Crippen molar-refractivity contribution in [1.29, 1.82) is 0 Å². The summed E-state index contributed by atoms with van der Waals surface area (Å²) in [4.78, 5) is 15.5. The van der Waals surface area contributed by atoms with E-state index in [0.29, 0.717) is 5.92 Å². The molecule has 0 amide bonds. The zero-order valence-corrected chi connectivity index (χ0v) is 13.3. The van der Waals surface area contributed by atoms with E-state index in [-0.39, 0.29) is 9.77 Å². The summed E-state index contributed by atoms with van der Waals surface area (Å²) in [5, 5.41) is 13.9. The van der Waals surface area contributed by atoms with Gasteiger partial charge in [0.25, 0.3) is 10.0 Å². The summed E-state index contributed by atoms with van der Waals surface area (Å²) in [6.07, 6.45) is 6.11. The molecule has 0 saturated heterocycles. The van der Waals surface area contributed by atoms with Crippen molar-refractivity contribution in [2.45, 2.75) is 29.0 Å². The Bertz CT molecular complexity index is 807. The van der Waals surface area contributed by atoms with E-state index in [9.17, 15) is 18.3 Å². The summed E-state index contributed by atoms with van der Waals surface area (Å²) >= 11 is 1.09. The molecule has 1 aliphatic carbocycles. The fraction of sp³-hybridized carbons (Fsp3) is 0.417. The van der Waals surface area contributed by atoms with E-state index in [1.807, 2.05) is 0 Å². The van der Waals surface area contributed by atoms with Crippen molar-refractivity contribution in [1.82, 2.24) is 19.5 Å². The maximum absolute atomic E-state index is 12.4. The third-order valence-electron chi connectivity index (χ3n) is 3.27. The summed E-state index contributed by atoms with van der Waals surface area (Å²) in [5.41, 5.74) is 0.269. The molecular weight excluding hydrogens is 328 g/mol. The first kappa shape index (κ1) is 15.1. The van der Waals surface area contributed by atoms with E-state index >= 15 is 0 Å². The molecule has 1 unspecified atom stereocenters. The standard InChI is InChI=1S/C12H14N4O4S2/c1-16-6-8(4-14-16)10(12(17)18)15-22(19,20)9-5-13-11(21-9)7-2-3-7/h4-7,10,15H,2-3H2,1H3,(H,17,18). The Morgan fingerprint density at radius 3 is 2.77 bits per heavy atom. The van der Waals surface area contributed by atoms with Crippen molar-refractivity contribution < 1.29 is 18.3 Å². The molecular formula is C12H14N4O4S2. The molecule has 2 N–H and O–H groups in total. The van der Waals surface area contributed by atoms with E-state index < -0.39 is 22.0 Å². The van der Waals surface area contributed by atoms with Gasteiger partial charge in [0.05, 0.1) is 17.4 Å². The number of sulfonamides is 1. The highest BCUT2D eigenvalue weighted by Gasteiger charge is 2.32. The number of aromatic nitrogens is 3. The van der Waals surface area contributed by atoms with E-state index in [0.717, 1.165) is 29.2 Å². The zero-order chi connectivity index (χ0) is 15.9. The minimum atomic E-state index is -3.94. The second-order valence-corrected chi connectivity index (χ2v) is 8.13. The molecule has 8 nitrogen and oxygen atoms in total. The average molecular weight is 342 g/mol. The van der Waals surface area contributed by atoms with Gasteiger partial charge in [-0.3, -0.25) is 9.48 Å². The van der Waals surface area contributed by atoms with Crippen molar-refractivity contribution in [2.24, 2.45) is 7.05 Å². The van der Waals surface area contributed by atoms with Crippen LogP contribution >= 0.6 is 11.3 Å². The quantitative estimate of drug-likeness (QED) is 0.805. The number of carbonyl (C=O) groups is 1. The number of rotatable bonds is 6. The Hall–Kier alpha value is -1.78. The smallest absolute Gasteiger partial charge is 0.326 e. The van der Waals surface area contributed by atoms with Gasteiger partial charge in [-0.1, -0.05) is 0 Å². The second kappa shape index (κ2) is 5.45. The summed E-state index contributed by atoms with van der Waals surface area (Å²) in [5.74, 6) is -0.939. The van der Waals surface area contributed by atoms with Crippen LogP contribution in [-0.2, 0) is 21.9 Å². The maximum atomic E-state index is 12.4. The van der Waals surface area contributed by atoms with Gasteiger partial charge in [-0.15, -0.1) is 11.3 Å². The predicted octanol–water partition coefficient (Wildman–Crippen LogP) is 0.858. The minimum Gasteiger partial charge on any atom is -0.480 e. The van der Waals surface area contributed by atoms with Crippen LogP contribution in [0.4, 0.5) is 0 Å². The molecule has 0 spiro atoms. The number of carboxylic acid groups (broad SMARTS) is 1. The molecule has 2 aromatic heterocycles. The van der Waals surface area contributed by atoms with Crippen molar-refractivity contribution in [2.75, 3.05) is 0 Å². The van der Waals surface area contributed by atoms with Gasteiger partial charge in [-0.25, -0.2) is 13.4 Å². The van der Waals surface area contributed by atoms with Gasteiger partial charge < -0.3 is 5.11 Å². The second-order valence-electron chi connectivity index (χ2n) is 5.13. The lowest BCUT2D eigenvalue weighted by molar-refractivity contribution is -0.139. The van der Waals surface area contributed by atoms with Crippen molar-refractivity contribution in [3.8, 4) is 0 Å². The van der Waals surface area contributed by atoms with Crippen LogP contribution in [0.3, 0.4) is 0 Å². The van der Waals surface area contributed by atoms with Gasteiger partial charge in [0.1, 0.15) is 6.04 Å². The predicted molar refractivity (Wildman–Crippen MR) is 78.0 cm³/mol. The van der Waals surface area contributed by atoms with E-state index in [1.54, 1.807) is 7.05 Å². The van der Waals surface area contributed by atoms with Gasteiger partial charge in [0.2, 0.25) is 0 Å². The van der Waals surface area contributed by atoms with Crippen LogP contribution in [0.15, 0.2) is 22.8 Å². The number of aryl methyl sites for hydroxylation is 1. The van der Waals surface area contributed by atoms with Crippen LogP contribution in [0.1, 0.15) is 35.4 Å². The molecule has 0 bridgehead atoms. The minimum absolute atomic E-state index is 0.0320. The number of hydrogen-bond donors (Lipinski definition) is 2. The first-order valence-corrected chi connectivity index (χ1v) is 8.86. The lowest BCUT2D eigenvalue weighted by atomic mass is 10.2. The van der Waals surface area contributed by atoms with Gasteiger partial charge in [0, 0.05) is 24.7 Å². The van der Waals surface area contributed by atoms with Crippen molar-refractivity contribution >= 4 is 27.3 Å². The molecule has 0 aliphatic heterocycles. The molecule has 1 atom stereocenters. The summed E-state index contributed by atoms with van der Waals surface area (Å²) < 4.78 is 28.4. The van der Waals surface area contributed by atoms with Crippen LogP contribution in [0.25, 0.3) is 0 Å². The molecule has 10 heteroatoms. The number of aliphatic carboxylic acids is 1. The highest BCUT2D eigenvalue weighted by Crippen LogP contribution is 2.42. The zero-order valence-electron chi connectivity index (χ0n) is 11.6. The molecule has 118 valence electrons. The van der Waals surface area contributed by atoms with Crippen LogP contribution in [0, 0.1) is 0 Å². The van der Waals surface area contributed by atoms with Crippen LogP contribution in [0.5, 0.6) is 0 Å². The van der Waals surface area contributed by atoms with Gasteiger partial charge in [-0.2, -0.15) is 9.82 Å². The monoisotopic (exact) mass is 342 g/mol. The Morgan fingerprint density at radius 2 is 2.23 bits per heavy atom. The summed E-state index contributed by atoms with van der Waals surface area (Å²) in [7, 11) is -2.31. The first-order chi connectivity index (χ1) is 10.4. The fourth-order valence-corrected chi connectivity index (χ4v) is 4.49. The third kappa shape index (κ3) is 3.03. The first-order valence-electron chi connectivity index (χ1n) is 6.56. The summed E-state index contributed by atoms with van der Waals surface area (Å²) in [6, 6.07) is -1.38. The molecule has 2 heterocycles. The Kier molecular flexibility index (Phi) is 3.75. The third-order valence-corrected chi connectivity index (χ3v) is 6.32. The molecule has 2 aromatic rings.